The maximum Gasteiger partial charge on any atom is 3.00 e. The standard InChI is InChI=1S/3CH2O4.Ho/c3*2-1(3)5-4;/h3*4H,(H,2,3);/q;;;+3/p-3. The molecular formula is C3H3HoO12. The zero-order valence-electron chi connectivity index (χ0n) is 6.82. The summed E-state index contributed by atoms with van der Waals surface area (Å²) in [5.74, 6) is 0. The van der Waals surface area contributed by atoms with Crippen molar-refractivity contribution in [3.8, 4) is 0 Å². The summed E-state index contributed by atoms with van der Waals surface area (Å²) < 4.78 is 0. The van der Waals surface area contributed by atoms with Crippen molar-refractivity contribution in [3.05, 3.63) is 0 Å². The molecule has 0 saturated heterocycles. The van der Waals surface area contributed by atoms with Crippen molar-refractivity contribution in [1.29, 1.82) is 0 Å². The Bertz CT molecular complexity index is 155. The molecule has 12 nitrogen and oxygen atoms in total. The molecule has 0 amide bonds. The molecule has 98 valence electrons. The van der Waals surface area contributed by atoms with Crippen molar-refractivity contribution < 1.29 is 97.9 Å². The Hall–Kier alpha value is -1.05. The largest absolute Gasteiger partial charge is 3.00 e. The summed E-state index contributed by atoms with van der Waals surface area (Å²) in [6.45, 7) is 0. The van der Waals surface area contributed by atoms with Gasteiger partial charge in [0, 0.05) is 0 Å². The summed E-state index contributed by atoms with van der Waals surface area (Å²) in [5.41, 5.74) is 0. The van der Waals surface area contributed by atoms with E-state index in [1.165, 1.54) is 0 Å². The van der Waals surface area contributed by atoms with Crippen LogP contribution in [0.3, 0.4) is 0 Å². The van der Waals surface area contributed by atoms with Gasteiger partial charge in [-0.05, 0) is 0 Å². The summed E-state index contributed by atoms with van der Waals surface area (Å²) in [4.78, 5) is 34.0. The van der Waals surface area contributed by atoms with Crippen LogP contribution < -0.4 is 15.3 Å². The van der Waals surface area contributed by atoms with E-state index in [0.717, 1.165) is 0 Å². The second-order valence-corrected chi connectivity index (χ2v) is 1.02. The third-order valence-corrected chi connectivity index (χ3v) is 0.224. The van der Waals surface area contributed by atoms with E-state index in [2.05, 4.69) is 14.7 Å². The number of carbonyl (C=O) groups excluding carboxylic acids is 3. The molecule has 0 bridgehead atoms. The Morgan fingerprint density at radius 3 is 0.750 bits per heavy atom. The molecule has 0 radical (unpaired) electrons. The molecule has 3 N–H and O–H groups in total. The van der Waals surface area contributed by atoms with Gasteiger partial charge in [0.25, 0.3) is 18.5 Å². The van der Waals surface area contributed by atoms with Gasteiger partial charge in [0.05, 0.1) is 0 Å². The van der Waals surface area contributed by atoms with Gasteiger partial charge in [-0.3, -0.25) is 15.8 Å². The van der Waals surface area contributed by atoms with E-state index in [0.29, 0.717) is 0 Å². The van der Waals surface area contributed by atoms with E-state index in [9.17, 15) is 0 Å². The molecule has 0 rings (SSSR count). The Morgan fingerprint density at radius 2 is 0.750 bits per heavy atom. The minimum absolute atomic E-state index is 0. The smallest absolute Gasteiger partial charge is 0.424 e. The first-order valence-electron chi connectivity index (χ1n) is 2.38. The summed E-state index contributed by atoms with van der Waals surface area (Å²) in [7, 11) is 0. The van der Waals surface area contributed by atoms with Crippen LogP contribution in [-0.4, -0.2) is 34.2 Å². The normalized spacial score (nSPS) is 6.19. The van der Waals surface area contributed by atoms with Gasteiger partial charge >= 0.3 is 37.7 Å². The third kappa shape index (κ3) is 75.5. The summed E-state index contributed by atoms with van der Waals surface area (Å²) >= 11 is 0. The molecule has 0 heterocycles. The number of rotatable bonds is 0. The van der Waals surface area contributed by atoms with Gasteiger partial charge in [-0.25, -0.2) is 0 Å². The Kier molecular flexibility index (Phi) is 29.6. The van der Waals surface area contributed by atoms with E-state index in [-0.39, 0.29) is 37.7 Å². The number of carbonyl (C=O) groups is 3. The van der Waals surface area contributed by atoms with Crippen LogP contribution in [0, 0.1) is 37.7 Å². The monoisotopic (exact) mass is 396 g/mol. The Labute approximate surface area is 116 Å². The molecule has 16 heavy (non-hydrogen) atoms. The van der Waals surface area contributed by atoms with Crippen molar-refractivity contribution in [3.63, 3.8) is 0 Å². The molecule has 0 aliphatic carbocycles. The van der Waals surface area contributed by atoms with Gasteiger partial charge in [-0.15, -0.1) is 0 Å². The minimum Gasteiger partial charge on any atom is -0.424 e. The first-order valence-corrected chi connectivity index (χ1v) is 2.38. The molecule has 0 aliphatic rings. The maximum atomic E-state index is 8.78. The van der Waals surface area contributed by atoms with E-state index < -0.39 is 18.5 Å². The fourth-order valence-electron chi connectivity index (χ4n) is 0. The van der Waals surface area contributed by atoms with E-state index >= 15 is 0 Å². The van der Waals surface area contributed by atoms with E-state index in [1.807, 2.05) is 0 Å². The topological polar surface area (TPSA) is 209 Å². The summed E-state index contributed by atoms with van der Waals surface area (Å²) in [5, 5.41) is 47.3. The third-order valence-electron chi connectivity index (χ3n) is 0.224. The van der Waals surface area contributed by atoms with Crippen molar-refractivity contribution in [1.82, 2.24) is 0 Å². The molecule has 13 heteroatoms. The summed E-state index contributed by atoms with van der Waals surface area (Å²) in [6, 6.07) is 0. The molecule has 0 spiro atoms. The van der Waals surface area contributed by atoms with Gasteiger partial charge in [-0.1, -0.05) is 0 Å². The van der Waals surface area contributed by atoms with Crippen LogP contribution in [-0.2, 0) is 14.7 Å². The molecule has 0 saturated carbocycles. The number of hydrogen-bond donors (Lipinski definition) is 3. The second-order valence-electron chi connectivity index (χ2n) is 1.02. The van der Waals surface area contributed by atoms with Gasteiger partial charge in [0.15, 0.2) is 0 Å². The Morgan fingerprint density at radius 1 is 0.688 bits per heavy atom. The molecule has 0 aromatic carbocycles. The molecule has 0 fully saturated rings. The first kappa shape index (κ1) is 24.3. The van der Waals surface area contributed by atoms with Gasteiger partial charge in [-0.2, -0.15) is 0 Å². The predicted molar refractivity (Wildman–Crippen MR) is 27.3 cm³/mol. The van der Waals surface area contributed by atoms with Crippen LogP contribution in [0.25, 0.3) is 0 Å². The van der Waals surface area contributed by atoms with Crippen molar-refractivity contribution in [2.45, 2.75) is 0 Å². The fourth-order valence-corrected chi connectivity index (χ4v) is 0. The zero-order chi connectivity index (χ0) is 12.9. The SMILES string of the molecule is O=C([O-])OO.O=C([O-])OO.O=C([O-])OO.[Ho+3]. The average Bonchev–Trinajstić information content (AvgIpc) is 2.19. The van der Waals surface area contributed by atoms with Crippen LogP contribution in [0.2, 0.25) is 0 Å². The molecule has 0 atom stereocenters. The average molecular weight is 396 g/mol. The first-order chi connectivity index (χ1) is 6.81. The van der Waals surface area contributed by atoms with E-state index in [1.54, 1.807) is 0 Å². The predicted octanol–water partition coefficient (Wildman–Crippen LogP) is -3.54. The fraction of sp³-hybridized carbons (Fsp3) is 0. The van der Waals surface area contributed by atoms with Gasteiger partial charge < -0.3 is 44.4 Å². The maximum absolute atomic E-state index is 8.78. The molecule has 0 aromatic heterocycles. The van der Waals surface area contributed by atoms with Gasteiger partial charge in [0.1, 0.15) is 0 Å². The Balaban J connectivity index is -0.0000000655. The molecular weight excluding hydrogens is 393 g/mol. The van der Waals surface area contributed by atoms with Crippen LogP contribution in [0.5, 0.6) is 0 Å². The van der Waals surface area contributed by atoms with Crippen molar-refractivity contribution in [2.24, 2.45) is 0 Å². The minimum atomic E-state index is -1.94. The second kappa shape index (κ2) is 19.5. The van der Waals surface area contributed by atoms with Crippen molar-refractivity contribution >= 4 is 18.5 Å². The van der Waals surface area contributed by atoms with Crippen molar-refractivity contribution in [2.75, 3.05) is 0 Å². The van der Waals surface area contributed by atoms with Crippen LogP contribution in [0.15, 0.2) is 0 Å². The van der Waals surface area contributed by atoms with E-state index in [4.69, 9.17) is 45.5 Å². The summed E-state index contributed by atoms with van der Waals surface area (Å²) in [6.07, 6.45) is -5.82. The molecule has 0 aromatic rings. The number of carboxylic acid groups (broad SMARTS) is 3. The van der Waals surface area contributed by atoms with Crippen LogP contribution in [0.4, 0.5) is 14.4 Å². The van der Waals surface area contributed by atoms with Crippen LogP contribution >= 0.6 is 0 Å². The molecule has 0 aliphatic heterocycles. The number of hydrogen-bond acceptors (Lipinski definition) is 12. The van der Waals surface area contributed by atoms with Gasteiger partial charge in [0.2, 0.25) is 0 Å². The quantitative estimate of drug-likeness (QED) is 0.157. The van der Waals surface area contributed by atoms with Crippen LogP contribution in [0.1, 0.15) is 0 Å². The molecule has 0 unspecified atom stereocenters. The zero-order valence-corrected chi connectivity index (χ0v) is 8.75.